The lowest BCUT2D eigenvalue weighted by molar-refractivity contribution is -0.138. The molecular weight excluding hydrogens is 862 g/mol. The van der Waals surface area contributed by atoms with Crippen LogP contribution in [0.1, 0.15) is 36.8 Å². The van der Waals surface area contributed by atoms with Crippen molar-refractivity contribution in [3.8, 4) is 33.6 Å². The van der Waals surface area contributed by atoms with Crippen LogP contribution in [0.15, 0.2) is 79.6 Å². The number of halogens is 6. The molecule has 9 rings (SSSR count). The van der Waals surface area contributed by atoms with Crippen LogP contribution in [0.5, 0.6) is 0 Å². The number of piperidine rings is 2. The highest BCUT2D eigenvalue weighted by Crippen LogP contribution is 2.46. The molecule has 7 heterocycles. The third kappa shape index (κ3) is 9.04. The van der Waals surface area contributed by atoms with Crippen molar-refractivity contribution < 1.29 is 35.4 Å². The fourth-order valence-corrected chi connectivity index (χ4v) is 10.1. The average Bonchev–Trinajstić information content (AvgIpc) is 3.92. The molecule has 21 heteroatoms. The summed E-state index contributed by atoms with van der Waals surface area (Å²) in [4.78, 5) is 23.0. The van der Waals surface area contributed by atoms with Crippen molar-refractivity contribution in [3.05, 3.63) is 90.8 Å². The Morgan fingerprint density at radius 1 is 0.750 bits per heavy atom. The molecule has 6 N–H and O–H groups in total. The summed E-state index contributed by atoms with van der Waals surface area (Å²) in [5.41, 5.74) is 0.379. The Kier molecular flexibility index (Phi) is 11.9. The monoisotopic (exact) mass is 904 g/mol. The van der Waals surface area contributed by atoms with Crippen molar-refractivity contribution in [2.45, 2.75) is 50.1 Å². The van der Waals surface area contributed by atoms with E-state index in [1.807, 2.05) is 6.07 Å². The van der Waals surface area contributed by atoms with E-state index in [0.717, 1.165) is 42.9 Å². The van der Waals surface area contributed by atoms with Crippen molar-refractivity contribution in [2.24, 2.45) is 5.92 Å². The number of nitrogens with zero attached hydrogens (tertiary/aromatic N) is 6. The highest BCUT2D eigenvalue weighted by molar-refractivity contribution is 7.66. The van der Waals surface area contributed by atoms with Crippen LogP contribution >= 0.6 is 7.37 Å². The molecule has 2 saturated heterocycles. The first-order valence-corrected chi connectivity index (χ1v) is 22.8. The summed E-state index contributed by atoms with van der Waals surface area (Å²) < 4.78 is 106. The zero-order chi connectivity index (χ0) is 44.6. The first-order chi connectivity index (χ1) is 30.7. The van der Waals surface area contributed by atoms with Crippen molar-refractivity contribution in [1.29, 1.82) is 0 Å². The zero-order valence-corrected chi connectivity index (χ0v) is 35.2. The maximum absolute atomic E-state index is 14.4. The Bertz CT molecular complexity index is 2830. The predicted molar refractivity (Wildman–Crippen MR) is 231 cm³/mol. The number of aromatic nitrogens is 8. The smallest absolute Gasteiger partial charge is 0.360 e. The van der Waals surface area contributed by atoms with Crippen molar-refractivity contribution in [1.82, 2.24) is 50.7 Å². The third-order valence-electron chi connectivity index (χ3n) is 11.7. The number of anilines is 2. The van der Waals surface area contributed by atoms with Gasteiger partial charge >= 0.3 is 12.4 Å². The normalized spacial score (nSPS) is 19.5. The molecule has 2 unspecified atom stereocenters. The zero-order valence-electron chi connectivity index (χ0n) is 34.3. The summed E-state index contributed by atoms with van der Waals surface area (Å²) in [6.45, 7) is 4.19. The van der Waals surface area contributed by atoms with Gasteiger partial charge in [0.2, 0.25) is 19.3 Å². The average molecular weight is 905 g/mol. The molecule has 2 aliphatic heterocycles. The molecule has 0 aliphatic carbocycles. The maximum atomic E-state index is 14.4. The van der Waals surface area contributed by atoms with Gasteiger partial charge in [0.15, 0.2) is 0 Å². The first kappa shape index (κ1) is 43.3. The van der Waals surface area contributed by atoms with E-state index < -0.39 is 30.8 Å². The lowest BCUT2D eigenvalue weighted by Gasteiger charge is -2.31. The Morgan fingerprint density at radius 3 is 2.03 bits per heavy atom. The van der Waals surface area contributed by atoms with Crippen LogP contribution in [-0.4, -0.2) is 91.6 Å². The van der Waals surface area contributed by atoms with Crippen molar-refractivity contribution >= 4 is 46.4 Å². The van der Waals surface area contributed by atoms with Crippen LogP contribution in [-0.2, 0) is 21.4 Å². The van der Waals surface area contributed by atoms with Crippen LogP contribution in [0.2, 0.25) is 0 Å². The second-order valence-electron chi connectivity index (χ2n) is 16.1. The van der Waals surface area contributed by atoms with E-state index in [-0.39, 0.29) is 59.0 Å². The van der Waals surface area contributed by atoms with Crippen molar-refractivity contribution in [3.63, 3.8) is 0 Å². The van der Waals surface area contributed by atoms with E-state index >= 15 is 0 Å². The van der Waals surface area contributed by atoms with Gasteiger partial charge in [0.1, 0.15) is 11.1 Å². The van der Waals surface area contributed by atoms with Crippen LogP contribution < -0.4 is 26.6 Å². The number of para-hydroxylation sites is 2. The summed E-state index contributed by atoms with van der Waals surface area (Å²) in [6.07, 6.45) is 0.986. The van der Waals surface area contributed by atoms with E-state index in [4.69, 9.17) is 4.52 Å². The number of benzene rings is 2. The largest absolute Gasteiger partial charge is 0.419 e. The summed E-state index contributed by atoms with van der Waals surface area (Å²) in [6, 6.07) is 11.7. The first-order valence-electron chi connectivity index (χ1n) is 20.8. The molecule has 2 fully saturated rings. The molecule has 7 aromatic rings. The number of rotatable bonds is 12. The van der Waals surface area contributed by atoms with Gasteiger partial charge < -0.3 is 35.8 Å². The minimum absolute atomic E-state index is 0.0218. The summed E-state index contributed by atoms with van der Waals surface area (Å²) in [5, 5.41) is 22.0. The summed E-state index contributed by atoms with van der Waals surface area (Å²) in [7, 11) is -3.53. The Labute approximate surface area is 362 Å². The van der Waals surface area contributed by atoms with E-state index in [1.54, 1.807) is 42.6 Å². The maximum Gasteiger partial charge on any atom is 0.419 e. The second-order valence-corrected chi connectivity index (χ2v) is 18.6. The molecular formula is C43H43F6N12O2P. The van der Waals surface area contributed by atoms with E-state index in [1.165, 1.54) is 25.3 Å². The number of nitrogens with one attached hydrogen (secondary N) is 6. The minimum Gasteiger partial charge on any atom is -0.360 e. The van der Waals surface area contributed by atoms with Gasteiger partial charge in [-0.1, -0.05) is 30.3 Å². The molecule has 5 aromatic heterocycles. The number of hydrogen-bond donors (Lipinski definition) is 6. The van der Waals surface area contributed by atoms with Crippen LogP contribution in [0.4, 0.5) is 38.2 Å². The molecule has 0 radical (unpaired) electrons. The van der Waals surface area contributed by atoms with Crippen LogP contribution in [0, 0.1) is 5.92 Å². The topological polar surface area (TPSA) is 183 Å². The molecule has 64 heavy (non-hydrogen) atoms. The molecule has 4 atom stereocenters. The summed E-state index contributed by atoms with van der Waals surface area (Å²) in [5.74, 6) is 0.136. The quantitative estimate of drug-likeness (QED) is 0.0511. The molecule has 0 saturated carbocycles. The highest BCUT2D eigenvalue weighted by atomic mass is 31.2. The lowest BCUT2D eigenvalue weighted by atomic mass is 9.93. The van der Waals surface area contributed by atoms with Crippen LogP contribution in [0.25, 0.3) is 55.4 Å². The summed E-state index contributed by atoms with van der Waals surface area (Å²) >= 11 is 0. The molecule has 0 bridgehead atoms. The third-order valence-corrected chi connectivity index (χ3v) is 13.6. The van der Waals surface area contributed by atoms with Gasteiger partial charge in [-0.25, -0.2) is 19.9 Å². The lowest BCUT2D eigenvalue weighted by Crippen LogP contribution is -2.43. The molecule has 334 valence electrons. The van der Waals surface area contributed by atoms with E-state index in [9.17, 15) is 30.9 Å². The minimum atomic E-state index is -4.73. The fraction of sp³-hybridized carbons (Fsp3) is 0.349. The molecule has 0 amide bonds. The van der Waals surface area contributed by atoms with Gasteiger partial charge in [0.05, 0.1) is 46.7 Å². The van der Waals surface area contributed by atoms with Crippen molar-refractivity contribution in [2.75, 3.05) is 50.1 Å². The molecule has 2 aromatic carbocycles. The van der Waals surface area contributed by atoms with Gasteiger partial charge in [-0.15, -0.1) is 0 Å². The van der Waals surface area contributed by atoms with E-state index in [2.05, 4.69) is 61.4 Å². The Balaban J connectivity index is 0.889. The van der Waals surface area contributed by atoms with E-state index in [0.29, 0.717) is 59.6 Å². The fourth-order valence-electron chi connectivity index (χ4n) is 8.61. The van der Waals surface area contributed by atoms with Gasteiger partial charge in [-0.05, 0) is 56.8 Å². The molecule has 2 aliphatic rings. The highest BCUT2D eigenvalue weighted by Gasteiger charge is 2.38. The number of aromatic amines is 2. The van der Waals surface area contributed by atoms with Gasteiger partial charge in [-0.3, -0.25) is 4.57 Å². The Hall–Kier alpha value is -5.95. The van der Waals surface area contributed by atoms with Crippen LogP contribution in [0.3, 0.4) is 0 Å². The SMILES string of the molecule is CP(=O)(OCCC1CNC[C@@H](Nc2ncc(C(F)(F)F)c(-c3c[nH]c4c(-c5ccnnc5)cccc34)n2)C1)c1cccc2c(-c3nc(N[C@H]4CCCNC4)ncc3C(F)(F)F)c[nH]c12. The number of hydrogen-bond acceptors (Lipinski definition) is 12. The standard InChI is InChI=1S/C43H43F6N12O2P/c1-64(62,35-9-3-8-30-32(21-53-39(30)35)38-34(43(47,48)49)22-54-40(60-38)58-26-5-4-12-50-18-26)63-14-11-24-15-27(19-51-16-24)59-41-55-23-33(42(44,45)46)37(61-41)31-20-52-36-28(6-2-7-29(31)36)25-10-13-56-57-17-25/h2-3,6-10,13,17,20-24,26-27,50-53H,4-5,11-12,14-16,18-19H2,1H3,(H,54,58,60)(H,55,59,61)/t24?,26-,27-,64?/m0/s1. The number of fused-ring (bicyclic) bond motifs is 2. The van der Waals surface area contributed by atoms with Gasteiger partial charge in [0.25, 0.3) is 0 Å². The second kappa shape index (κ2) is 17.6. The number of H-pyrrole nitrogens is 2. The van der Waals surface area contributed by atoms with Gasteiger partial charge in [0, 0.05) is 89.7 Å². The molecule has 0 spiro atoms. The Morgan fingerprint density at radius 2 is 1.39 bits per heavy atom. The van der Waals surface area contributed by atoms with Gasteiger partial charge in [-0.2, -0.15) is 36.5 Å². The molecule has 14 nitrogen and oxygen atoms in total. The number of alkyl halides is 6. The predicted octanol–water partition coefficient (Wildman–Crippen LogP) is 8.25.